The minimum atomic E-state index is 0.735. The molecule has 4 rings (SSSR count). The first-order valence-corrected chi connectivity index (χ1v) is 8.04. The van der Waals surface area contributed by atoms with Gasteiger partial charge in [-0.25, -0.2) is 0 Å². The number of rotatable bonds is 3. The lowest BCUT2D eigenvalue weighted by atomic mass is 10.0. The van der Waals surface area contributed by atoms with Crippen molar-refractivity contribution in [2.75, 3.05) is 0 Å². The van der Waals surface area contributed by atoms with Gasteiger partial charge >= 0.3 is 0 Å². The first-order chi connectivity index (χ1) is 9.92. The standard InChI is InChI=1S/C18H22N2/c1-2-7-13(6-1)19-12-16-14-8-3-4-10-17(14)20-18-11-5-9-15(16)18/h3-4,8,10,13,19H,1-2,5-7,9,11-12H2. The first kappa shape index (κ1) is 12.3. The van der Waals surface area contributed by atoms with Gasteiger partial charge in [-0.1, -0.05) is 31.0 Å². The molecule has 0 saturated heterocycles. The molecule has 0 amide bonds. The summed E-state index contributed by atoms with van der Waals surface area (Å²) in [6.45, 7) is 1.02. The normalized spacial score (nSPS) is 18.8. The fourth-order valence-electron chi connectivity index (χ4n) is 3.89. The van der Waals surface area contributed by atoms with Gasteiger partial charge in [0.1, 0.15) is 0 Å². The van der Waals surface area contributed by atoms with Crippen LogP contribution >= 0.6 is 0 Å². The van der Waals surface area contributed by atoms with E-state index in [1.54, 1.807) is 0 Å². The molecular weight excluding hydrogens is 244 g/mol. The van der Waals surface area contributed by atoms with Crippen LogP contribution in [0.25, 0.3) is 10.9 Å². The zero-order chi connectivity index (χ0) is 13.4. The summed E-state index contributed by atoms with van der Waals surface area (Å²) in [7, 11) is 0. The zero-order valence-electron chi connectivity index (χ0n) is 12.0. The summed E-state index contributed by atoms with van der Waals surface area (Å²) in [5.41, 5.74) is 5.59. The van der Waals surface area contributed by atoms with Crippen LogP contribution in [0, 0.1) is 0 Å². The van der Waals surface area contributed by atoms with Gasteiger partial charge in [0, 0.05) is 23.7 Å². The maximum Gasteiger partial charge on any atom is 0.0708 e. The molecule has 1 saturated carbocycles. The molecule has 0 spiro atoms. The van der Waals surface area contributed by atoms with E-state index in [2.05, 4.69) is 29.6 Å². The lowest BCUT2D eigenvalue weighted by Gasteiger charge is -2.16. The van der Waals surface area contributed by atoms with E-state index in [-0.39, 0.29) is 0 Å². The van der Waals surface area contributed by atoms with Crippen LogP contribution in [0.2, 0.25) is 0 Å². The minimum Gasteiger partial charge on any atom is -0.310 e. The van der Waals surface area contributed by atoms with Crippen LogP contribution in [0.4, 0.5) is 0 Å². The largest absolute Gasteiger partial charge is 0.310 e. The SMILES string of the molecule is c1ccc2c(CNC3CCCC3)c3c(nc2c1)CCC3. The van der Waals surface area contributed by atoms with Crippen molar-refractivity contribution in [3.63, 3.8) is 0 Å². The van der Waals surface area contributed by atoms with Crippen LogP contribution in [0.3, 0.4) is 0 Å². The predicted octanol–water partition coefficient (Wildman–Crippen LogP) is 3.76. The Kier molecular flexibility index (Phi) is 3.19. The van der Waals surface area contributed by atoms with Crippen LogP contribution in [0.1, 0.15) is 48.9 Å². The Bertz CT molecular complexity index is 627. The highest BCUT2D eigenvalue weighted by Gasteiger charge is 2.20. The van der Waals surface area contributed by atoms with E-state index in [1.807, 2.05) is 0 Å². The van der Waals surface area contributed by atoms with E-state index < -0.39 is 0 Å². The summed E-state index contributed by atoms with van der Waals surface area (Å²) in [5, 5.41) is 5.15. The third-order valence-electron chi connectivity index (χ3n) is 4.96. The van der Waals surface area contributed by atoms with Crippen molar-refractivity contribution in [3.05, 3.63) is 41.1 Å². The molecule has 0 aliphatic heterocycles. The van der Waals surface area contributed by atoms with Crippen molar-refractivity contribution in [1.82, 2.24) is 10.3 Å². The number of nitrogens with zero attached hydrogens (tertiary/aromatic N) is 1. The van der Waals surface area contributed by atoms with Gasteiger partial charge in [0.15, 0.2) is 0 Å². The molecule has 1 aromatic heterocycles. The third-order valence-corrected chi connectivity index (χ3v) is 4.96. The summed E-state index contributed by atoms with van der Waals surface area (Å²) in [4.78, 5) is 4.87. The van der Waals surface area contributed by atoms with Gasteiger partial charge in [-0.3, -0.25) is 4.98 Å². The van der Waals surface area contributed by atoms with Crippen LogP contribution < -0.4 is 5.32 Å². The Morgan fingerprint density at radius 1 is 1.05 bits per heavy atom. The molecule has 0 unspecified atom stereocenters. The summed E-state index contributed by atoms with van der Waals surface area (Å²) in [6.07, 6.45) is 9.15. The zero-order valence-corrected chi connectivity index (χ0v) is 12.0. The predicted molar refractivity (Wildman–Crippen MR) is 82.9 cm³/mol. The molecule has 1 aromatic carbocycles. The van der Waals surface area contributed by atoms with E-state index in [1.165, 1.54) is 66.2 Å². The van der Waals surface area contributed by atoms with Gasteiger partial charge in [0.2, 0.25) is 0 Å². The Hall–Kier alpha value is -1.41. The lowest BCUT2D eigenvalue weighted by Crippen LogP contribution is -2.26. The van der Waals surface area contributed by atoms with Crippen molar-refractivity contribution in [1.29, 1.82) is 0 Å². The number of benzene rings is 1. The molecular formula is C18H22N2. The van der Waals surface area contributed by atoms with Crippen LogP contribution in [0.5, 0.6) is 0 Å². The van der Waals surface area contributed by atoms with E-state index in [0.717, 1.165) is 19.0 Å². The average molecular weight is 266 g/mol. The molecule has 0 atom stereocenters. The molecule has 2 heteroatoms. The van der Waals surface area contributed by atoms with Gasteiger partial charge in [-0.2, -0.15) is 0 Å². The van der Waals surface area contributed by atoms with Gasteiger partial charge < -0.3 is 5.32 Å². The van der Waals surface area contributed by atoms with E-state index in [4.69, 9.17) is 4.98 Å². The highest BCUT2D eigenvalue weighted by molar-refractivity contribution is 5.84. The second-order valence-electron chi connectivity index (χ2n) is 6.25. The topological polar surface area (TPSA) is 24.9 Å². The summed E-state index contributed by atoms with van der Waals surface area (Å²) in [6, 6.07) is 9.38. The Morgan fingerprint density at radius 3 is 2.80 bits per heavy atom. The number of pyridine rings is 1. The Labute approximate surface area is 120 Å². The smallest absolute Gasteiger partial charge is 0.0708 e. The van der Waals surface area contributed by atoms with Gasteiger partial charge in [0.25, 0.3) is 0 Å². The van der Waals surface area contributed by atoms with Crippen molar-refractivity contribution in [2.24, 2.45) is 0 Å². The van der Waals surface area contributed by atoms with Crippen molar-refractivity contribution in [3.8, 4) is 0 Å². The molecule has 20 heavy (non-hydrogen) atoms. The number of hydrogen-bond acceptors (Lipinski definition) is 2. The molecule has 1 heterocycles. The van der Waals surface area contributed by atoms with Crippen LogP contribution in [0.15, 0.2) is 24.3 Å². The van der Waals surface area contributed by atoms with Gasteiger partial charge in [-0.05, 0) is 49.3 Å². The number of nitrogens with one attached hydrogen (secondary N) is 1. The summed E-state index contributed by atoms with van der Waals surface area (Å²) in [5.74, 6) is 0. The first-order valence-electron chi connectivity index (χ1n) is 8.04. The summed E-state index contributed by atoms with van der Waals surface area (Å²) >= 11 is 0. The molecule has 0 radical (unpaired) electrons. The number of aromatic nitrogens is 1. The van der Waals surface area contributed by atoms with E-state index in [0.29, 0.717) is 0 Å². The fourth-order valence-corrected chi connectivity index (χ4v) is 3.89. The Morgan fingerprint density at radius 2 is 1.90 bits per heavy atom. The second-order valence-corrected chi connectivity index (χ2v) is 6.25. The average Bonchev–Trinajstić information content (AvgIpc) is 3.14. The van der Waals surface area contributed by atoms with Crippen molar-refractivity contribution < 1.29 is 0 Å². The summed E-state index contributed by atoms with van der Waals surface area (Å²) < 4.78 is 0. The quantitative estimate of drug-likeness (QED) is 0.915. The van der Waals surface area contributed by atoms with Crippen LogP contribution in [-0.4, -0.2) is 11.0 Å². The molecule has 2 nitrogen and oxygen atoms in total. The molecule has 1 fully saturated rings. The highest BCUT2D eigenvalue weighted by Crippen LogP contribution is 2.30. The number of hydrogen-bond donors (Lipinski definition) is 1. The molecule has 1 N–H and O–H groups in total. The lowest BCUT2D eigenvalue weighted by molar-refractivity contribution is 0.524. The maximum atomic E-state index is 4.87. The van der Waals surface area contributed by atoms with Crippen molar-refractivity contribution >= 4 is 10.9 Å². The minimum absolute atomic E-state index is 0.735. The van der Waals surface area contributed by atoms with E-state index in [9.17, 15) is 0 Å². The molecule has 0 bridgehead atoms. The fraction of sp³-hybridized carbons (Fsp3) is 0.500. The molecule has 2 aliphatic carbocycles. The number of aryl methyl sites for hydroxylation is 1. The van der Waals surface area contributed by atoms with Crippen molar-refractivity contribution in [2.45, 2.75) is 57.5 Å². The maximum absolute atomic E-state index is 4.87. The highest BCUT2D eigenvalue weighted by atomic mass is 14.9. The van der Waals surface area contributed by atoms with Gasteiger partial charge in [-0.15, -0.1) is 0 Å². The van der Waals surface area contributed by atoms with Gasteiger partial charge in [0.05, 0.1) is 5.52 Å². The van der Waals surface area contributed by atoms with E-state index >= 15 is 0 Å². The third kappa shape index (κ3) is 2.12. The molecule has 2 aromatic rings. The Balaban J connectivity index is 1.72. The molecule has 2 aliphatic rings. The number of fused-ring (bicyclic) bond motifs is 2. The van der Waals surface area contributed by atoms with Crippen LogP contribution in [-0.2, 0) is 19.4 Å². The number of para-hydroxylation sites is 1. The second kappa shape index (κ2) is 5.17. The molecule has 104 valence electrons. The monoisotopic (exact) mass is 266 g/mol.